The summed E-state index contributed by atoms with van der Waals surface area (Å²) in [6.45, 7) is -0.366. The van der Waals surface area contributed by atoms with Crippen molar-refractivity contribution < 1.29 is 51.4 Å². The molecular weight excluding hydrogens is 577 g/mol. The van der Waals surface area contributed by atoms with Crippen LogP contribution in [0, 0.1) is 23.3 Å². The van der Waals surface area contributed by atoms with E-state index in [1.807, 2.05) is 10.6 Å². The molecule has 39 heavy (non-hydrogen) atoms. The molecule has 0 saturated heterocycles. The van der Waals surface area contributed by atoms with Gasteiger partial charge in [-0.15, -0.1) is 0 Å². The van der Waals surface area contributed by atoms with Crippen LogP contribution in [0.5, 0.6) is 5.75 Å². The van der Waals surface area contributed by atoms with E-state index in [-0.39, 0.29) is 22.7 Å². The Morgan fingerprint density at radius 1 is 0.974 bits per heavy atom. The summed E-state index contributed by atoms with van der Waals surface area (Å²) in [7, 11) is 0. The van der Waals surface area contributed by atoms with Gasteiger partial charge in [0.15, 0.2) is 23.2 Å². The molecule has 0 radical (unpaired) electrons. The minimum absolute atomic E-state index is 0.0881. The molecule has 0 heterocycles. The van der Waals surface area contributed by atoms with Crippen LogP contribution in [0.3, 0.4) is 0 Å². The van der Waals surface area contributed by atoms with Crippen molar-refractivity contribution in [1.29, 1.82) is 0 Å². The van der Waals surface area contributed by atoms with Crippen LogP contribution in [0.1, 0.15) is 18.9 Å². The van der Waals surface area contributed by atoms with Crippen LogP contribution < -0.4 is 20.7 Å². The Morgan fingerprint density at radius 3 is 2.18 bits per heavy atom. The molecule has 0 aliphatic rings. The molecule has 16 heteroatoms. The zero-order chi connectivity index (χ0) is 29.4. The molecule has 2 rings (SSSR count). The third-order valence-corrected chi connectivity index (χ3v) is 5.79. The van der Waals surface area contributed by atoms with Crippen molar-refractivity contribution in [3.05, 3.63) is 63.1 Å². The maximum absolute atomic E-state index is 13.7. The second-order valence-corrected chi connectivity index (χ2v) is 8.59. The Morgan fingerprint density at radius 2 is 1.59 bits per heavy atom. The van der Waals surface area contributed by atoms with E-state index in [9.17, 15) is 41.5 Å². The van der Waals surface area contributed by atoms with Crippen LogP contribution >= 0.6 is 23.2 Å². The lowest BCUT2D eigenvalue weighted by Crippen LogP contribution is -2.53. The molecule has 3 amide bonds. The van der Waals surface area contributed by atoms with Gasteiger partial charge in [0.25, 0.3) is 0 Å². The van der Waals surface area contributed by atoms with Gasteiger partial charge >= 0.3 is 17.8 Å². The van der Waals surface area contributed by atoms with Crippen molar-refractivity contribution in [2.75, 3.05) is 6.61 Å². The highest BCUT2D eigenvalue weighted by molar-refractivity contribution is 6.42. The van der Waals surface area contributed by atoms with Gasteiger partial charge in [0, 0.05) is 12.6 Å². The highest BCUT2D eigenvalue weighted by Gasteiger charge is 2.29. The zero-order valence-electron chi connectivity index (χ0n) is 19.7. The average molecular weight is 596 g/mol. The fourth-order valence-electron chi connectivity index (χ4n) is 2.91. The van der Waals surface area contributed by atoms with E-state index < -0.39 is 83.6 Å². The molecule has 0 aromatic heterocycles. The van der Waals surface area contributed by atoms with E-state index >= 15 is 0 Å². The van der Waals surface area contributed by atoms with E-state index in [0.29, 0.717) is 5.56 Å². The van der Waals surface area contributed by atoms with E-state index in [2.05, 4.69) is 10.1 Å². The SMILES string of the molecule is C[C@H](NC(=O)C(=O)NCc1cccc(Cl)c1Cl)C(=O)N[C@@H](CC(=O)O)C(=O)COc1c(F)c(F)cc(F)c1F. The van der Waals surface area contributed by atoms with Crippen molar-refractivity contribution in [2.45, 2.75) is 32.0 Å². The number of aliphatic carboxylic acids is 1. The van der Waals surface area contributed by atoms with Crippen molar-refractivity contribution in [2.24, 2.45) is 0 Å². The minimum Gasteiger partial charge on any atom is -0.481 e. The van der Waals surface area contributed by atoms with E-state index in [0.717, 1.165) is 6.92 Å². The van der Waals surface area contributed by atoms with Crippen LogP contribution in [0.4, 0.5) is 17.6 Å². The number of Topliss-reactive ketones (excluding diaryl/α,β-unsaturated/α-hetero) is 1. The topological polar surface area (TPSA) is 151 Å². The molecule has 0 spiro atoms. The van der Waals surface area contributed by atoms with E-state index in [1.165, 1.54) is 6.07 Å². The van der Waals surface area contributed by atoms with Gasteiger partial charge in [0.1, 0.15) is 18.7 Å². The van der Waals surface area contributed by atoms with Crippen LogP contribution in [0.25, 0.3) is 0 Å². The van der Waals surface area contributed by atoms with Crippen LogP contribution in [0.15, 0.2) is 24.3 Å². The summed E-state index contributed by atoms with van der Waals surface area (Å²) < 4.78 is 58.6. The number of ketones is 1. The quantitative estimate of drug-likeness (QED) is 0.177. The molecule has 2 atom stereocenters. The zero-order valence-corrected chi connectivity index (χ0v) is 21.3. The Balaban J connectivity index is 1.99. The minimum atomic E-state index is -1.94. The largest absolute Gasteiger partial charge is 0.481 e. The molecule has 0 unspecified atom stereocenters. The third-order valence-electron chi connectivity index (χ3n) is 4.93. The number of rotatable bonds is 11. The first-order valence-corrected chi connectivity index (χ1v) is 11.5. The van der Waals surface area contributed by atoms with Crippen molar-refractivity contribution in [3.8, 4) is 5.75 Å². The normalized spacial score (nSPS) is 12.2. The molecule has 0 saturated carbocycles. The maximum Gasteiger partial charge on any atom is 0.309 e. The molecule has 2 aromatic rings. The number of benzene rings is 2. The smallest absolute Gasteiger partial charge is 0.309 e. The Labute approximate surface area is 227 Å². The molecule has 0 bridgehead atoms. The Hall–Kier alpha value is -3.91. The number of carbonyl (C=O) groups is 5. The number of carbonyl (C=O) groups excluding carboxylic acids is 4. The number of ether oxygens (including phenoxy) is 1. The van der Waals surface area contributed by atoms with Crippen LogP contribution in [-0.4, -0.2) is 53.3 Å². The predicted molar refractivity (Wildman–Crippen MR) is 127 cm³/mol. The molecule has 0 aliphatic carbocycles. The first-order chi connectivity index (χ1) is 18.2. The van der Waals surface area contributed by atoms with Gasteiger partial charge in [-0.25, -0.2) is 8.78 Å². The van der Waals surface area contributed by atoms with Gasteiger partial charge in [-0.2, -0.15) is 8.78 Å². The average Bonchev–Trinajstić information content (AvgIpc) is 2.87. The molecule has 0 aliphatic heterocycles. The molecular formula is C23H19Cl2F4N3O7. The summed E-state index contributed by atoms with van der Waals surface area (Å²) in [6, 6.07) is 1.20. The summed E-state index contributed by atoms with van der Waals surface area (Å²) in [5.74, 6) is -15.4. The second-order valence-electron chi connectivity index (χ2n) is 7.80. The van der Waals surface area contributed by atoms with Crippen molar-refractivity contribution in [3.63, 3.8) is 0 Å². The lowest BCUT2D eigenvalue weighted by molar-refractivity contribution is -0.142. The van der Waals surface area contributed by atoms with E-state index in [1.54, 1.807) is 12.1 Å². The van der Waals surface area contributed by atoms with Gasteiger partial charge in [0.05, 0.1) is 16.5 Å². The summed E-state index contributed by atoms with van der Waals surface area (Å²) in [5.41, 5.74) is 0.397. The second kappa shape index (κ2) is 13.8. The van der Waals surface area contributed by atoms with Gasteiger partial charge in [-0.05, 0) is 18.6 Å². The van der Waals surface area contributed by atoms with Gasteiger partial charge in [-0.3, -0.25) is 24.0 Å². The summed E-state index contributed by atoms with van der Waals surface area (Å²) >= 11 is 11.9. The summed E-state index contributed by atoms with van der Waals surface area (Å²) in [4.78, 5) is 60.2. The monoisotopic (exact) mass is 595 g/mol. The fourth-order valence-corrected chi connectivity index (χ4v) is 3.29. The van der Waals surface area contributed by atoms with Crippen molar-refractivity contribution >= 4 is 52.7 Å². The first kappa shape index (κ1) is 31.3. The van der Waals surface area contributed by atoms with Crippen LogP contribution in [0.2, 0.25) is 10.0 Å². The van der Waals surface area contributed by atoms with Crippen molar-refractivity contribution in [1.82, 2.24) is 16.0 Å². The Kier molecular flexibility index (Phi) is 11.0. The number of halogens is 6. The standard InChI is InChI=1S/C23H19Cl2F4N3O7/c1-9(31-23(38)22(37)30-7-10-3-2-4-11(24)17(10)25)21(36)32-14(6-16(34)35)15(33)8-39-20-18(28)12(26)5-13(27)19(20)29/h2-5,9,14H,6-8H2,1H3,(H,30,37)(H,31,38)(H,32,36)(H,34,35)/t9-,14-/m0/s1. The molecule has 4 N–H and O–H groups in total. The summed E-state index contributed by atoms with van der Waals surface area (Å²) in [5, 5.41) is 15.7. The van der Waals surface area contributed by atoms with Crippen LogP contribution in [-0.2, 0) is 30.5 Å². The van der Waals surface area contributed by atoms with Gasteiger partial charge < -0.3 is 25.8 Å². The highest BCUT2D eigenvalue weighted by Crippen LogP contribution is 2.27. The number of carboxylic acid groups (broad SMARTS) is 1. The first-order valence-electron chi connectivity index (χ1n) is 10.7. The number of hydrogen-bond donors (Lipinski definition) is 4. The summed E-state index contributed by atoms with van der Waals surface area (Å²) in [6.07, 6.45) is -1.03. The molecule has 0 fully saturated rings. The number of hydrogen-bond acceptors (Lipinski definition) is 6. The fraction of sp³-hybridized carbons (Fsp3) is 0.261. The lowest BCUT2D eigenvalue weighted by atomic mass is 10.1. The number of nitrogens with one attached hydrogen (secondary N) is 3. The third kappa shape index (κ3) is 8.55. The molecule has 2 aromatic carbocycles. The molecule has 10 nitrogen and oxygen atoms in total. The lowest BCUT2D eigenvalue weighted by Gasteiger charge is -2.20. The Bertz CT molecular complexity index is 1290. The van der Waals surface area contributed by atoms with E-state index in [4.69, 9.17) is 28.3 Å². The molecule has 210 valence electrons. The predicted octanol–water partition coefficient (Wildman–Crippen LogP) is 2.28. The van der Waals surface area contributed by atoms with Gasteiger partial charge in [-0.1, -0.05) is 35.3 Å². The number of carboxylic acids is 1. The number of amides is 3. The van der Waals surface area contributed by atoms with Gasteiger partial charge in [0.2, 0.25) is 17.5 Å². The maximum atomic E-state index is 13.7. The highest BCUT2D eigenvalue weighted by atomic mass is 35.5.